The SMILES string of the molecule is COC(C)(C)CNc1ccc2n[nH]c(=O)n2n1. The topological polar surface area (TPSA) is 84.3 Å². The van der Waals surface area contributed by atoms with Crippen molar-refractivity contribution in [2.24, 2.45) is 0 Å². The molecule has 7 heteroatoms. The van der Waals surface area contributed by atoms with Crippen LogP contribution in [0.1, 0.15) is 13.8 Å². The highest BCUT2D eigenvalue weighted by Gasteiger charge is 2.16. The smallest absolute Gasteiger partial charge is 0.364 e. The molecule has 0 aliphatic heterocycles. The average molecular weight is 237 g/mol. The third kappa shape index (κ3) is 2.44. The Balaban J connectivity index is 2.19. The normalized spacial score (nSPS) is 11.9. The van der Waals surface area contributed by atoms with Crippen LogP contribution in [0.4, 0.5) is 5.82 Å². The van der Waals surface area contributed by atoms with Crippen LogP contribution in [0.2, 0.25) is 0 Å². The lowest BCUT2D eigenvalue weighted by molar-refractivity contribution is 0.0343. The van der Waals surface area contributed by atoms with Crippen LogP contribution in [0.5, 0.6) is 0 Å². The number of aromatic amines is 1. The van der Waals surface area contributed by atoms with Crippen LogP contribution >= 0.6 is 0 Å². The molecule has 0 amide bonds. The van der Waals surface area contributed by atoms with Gasteiger partial charge in [0, 0.05) is 13.7 Å². The van der Waals surface area contributed by atoms with Gasteiger partial charge in [0.05, 0.1) is 5.60 Å². The number of rotatable bonds is 4. The van der Waals surface area contributed by atoms with Crippen molar-refractivity contribution in [2.75, 3.05) is 19.0 Å². The minimum absolute atomic E-state index is 0.294. The number of nitrogens with one attached hydrogen (secondary N) is 2. The molecule has 0 atom stereocenters. The summed E-state index contributed by atoms with van der Waals surface area (Å²) in [6, 6.07) is 3.48. The number of hydrogen-bond acceptors (Lipinski definition) is 5. The first-order chi connectivity index (χ1) is 8.02. The average Bonchev–Trinajstić information content (AvgIpc) is 2.69. The predicted octanol–water partition coefficient (Wildman–Crippen LogP) is 0.254. The Morgan fingerprint density at radius 1 is 1.53 bits per heavy atom. The van der Waals surface area contributed by atoms with E-state index in [1.807, 2.05) is 13.8 Å². The van der Waals surface area contributed by atoms with E-state index >= 15 is 0 Å². The molecule has 2 rings (SSSR count). The van der Waals surface area contributed by atoms with Crippen LogP contribution in [0.3, 0.4) is 0 Å². The molecule has 0 unspecified atom stereocenters. The van der Waals surface area contributed by atoms with Crippen molar-refractivity contribution in [3.05, 3.63) is 22.6 Å². The standard InChI is InChI=1S/C10H15N5O2/c1-10(2,17-3)6-11-7-4-5-8-12-13-9(16)15(8)14-7/h4-5H,6H2,1-3H3,(H,11,14)(H,13,16). The molecule has 0 fully saturated rings. The number of hydrogen-bond donors (Lipinski definition) is 2. The summed E-state index contributed by atoms with van der Waals surface area (Å²) >= 11 is 0. The van der Waals surface area contributed by atoms with E-state index in [-0.39, 0.29) is 11.3 Å². The Morgan fingerprint density at radius 3 is 3.00 bits per heavy atom. The zero-order chi connectivity index (χ0) is 12.5. The Bertz CT molecular complexity index is 571. The van der Waals surface area contributed by atoms with Gasteiger partial charge in [0.1, 0.15) is 5.82 Å². The Kier molecular flexibility index (Phi) is 2.84. The van der Waals surface area contributed by atoms with E-state index in [0.717, 1.165) is 0 Å². The fraction of sp³-hybridized carbons (Fsp3) is 0.500. The molecule has 0 saturated heterocycles. The fourth-order valence-corrected chi connectivity index (χ4v) is 1.27. The summed E-state index contributed by atoms with van der Waals surface area (Å²) in [6.07, 6.45) is 0. The van der Waals surface area contributed by atoms with Gasteiger partial charge >= 0.3 is 5.69 Å². The largest absolute Gasteiger partial charge is 0.377 e. The van der Waals surface area contributed by atoms with E-state index in [4.69, 9.17) is 4.74 Å². The molecule has 2 aromatic heterocycles. The highest BCUT2D eigenvalue weighted by Crippen LogP contribution is 2.09. The van der Waals surface area contributed by atoms with Gasteiger partial charge in [-0.15, -0.1) is 5.10 Å². The number of H-pyrrole nitrogens is 1. The van der Waals surface area contributed by atoms with Crippen LogP contribution in [-0.4, -0.2) is 39.1 Å². The van der Waals surface area contributed by atoms with E-state index < -0.39 is 0 Å². The van der Waals surface area contributed by atoms with Crippen LogP contribution in [0, 0.1) is 0 Å². The first kappa shape index (κ1) is 11.6. The third-order valence-electron chi connectivity index (χ3n) is 2.52. The molecule has 0 radical (unpaired) electrons. The summed E-state index contributed by atoms with van der Waals surface area (Å²) < 4.78 is 6.49. The van der Waals surface area contributed by atoms with E-state index in [1.165, 1.54) is 4.52 Å². The monoisotopic (exact) mass is 237 g/mol. The molecular weight excluding hydrogens is 222 g/mol. The van der Waals surface area contributed by atoms with Gasteiger partial charge in [-0.1, -0.05) is 0 Å². The molecule has 2 heterocycles. The summed E-state index contributed by atoms with van der Waals surface area (Å²) in [5.41, 5.74) is -0.154. The Hall–Kier alpha value is -1.89. The van der Waals surface area contributed by atoms with Crippen molar-refractivity contribution in [3.63, 3.8) is 0 Å². The minimum atomic E-state index is -0.352. The molecule has 0 aliphatic carbocycles. The molecule has 2 aromatic rings. The molecular formula is C10H15N5O2. The molecule has 2 N–H and O–H groups in total. The number of nitrogens with zero attached hydrogens (tertiary/aromatic N) is 3. The zero-order valence-electron chi connectivity index (χ0n) is 10.0. The van der Waals surface area contributed by atoms with Gasteiger partial charge in [-0.05, 0) is 26.0 Å². The highest BCUT2D eigenvalue weighted by atomic mass is 16.5. The Morgan fingerprint density at radius 2 is 2.29 bits per heavy atom. The number of fused-ring (bicyclic) bond motifs is 1. The summed E-state index contributed by atoms with van der Waals surface area (Å²) in [5, 5.41) is 13.3. The third-order valence-corrected chi connectivity index (χ3v) is 2.52. The molecule has 0 spiro atoms. The van der Waals surface area contributed by atoms with Crippen molar-refractivity contribution < 1.29 is 4.74 Å². The van der Waals surface area contributed by atoms with Gasteiger partial charge in [0.2, 0.25) is 0 Å². The van der Waals surface area contributed by atoms with Gasteiger partial charge < -0.3 is 10.1 Å². The first-order valence-electron chi connectivity index (χ1n) is 5.25. The molecule has 92 valence electrons. The van der Waals surface area contributed by atoms with Gasteiger partial charge in [-0.3, -0.25) is 0 Å². The van der Waals surface area contributed by atoms with Gasteiger partial charge in [0.25, 0.3) is 0 Å². The van der Waals surface area contributed by atoms with E-state index in [9.17, 15) is 4.79 Å². The lowest BCUT2D eigenvalue weighted by Gasteiger charge is -2.23. The number of anilines is 1. The van der Waals surface area contributed by atoms with Crippen molar-refractivity contribution in [1.29, 1.82) is 0 Å². The maximum absolute atomic E-state index is 11.3. The molecule has 0 aliphatic rings. The van der Waals surface area contributed by atoms with Gasteiger partial charge in [-0.25, -0.2) is 9.89 Å². The highest BCUT2D eigenvalue weighted by molar-refractivity contribution is 5.43. The second kappa shape index (κ2) is 4.17. The predicted molar refractivity (Wildman–Crippen MR) is 63.2 cm³/mol. The lowest BCUT2D eigenvalue weighted by Crippen LogP contribution is -2.32. The molecule has 17 heavy (non-hydrogen) atoms. The van der Waals surface area contributed by atoms with Crippen molar-refractivity contribution in [1.82, 2.24) is 19.8 Å². The maximum Gasteiger partial charge on any atom is 0.364 e. The molecule has 0 bridgehead atoms. The zero-order valence-corrected chi connectivity index (χ0v) is 10.0. The summed E-state index contributed by atoms with van der Waals surface area (Å²) in [6.45, 7) is 4.51. The van der Waals surface area contributed by atoms with E-state index in [2.05, 4.69) is 20.6 Å². The van der Waals surface area contributed by atoms with Crippen LogP contribution in [0.15, 0.2) is 16.9 Å². The maximum atomic E-state index is 11.3. The van der Waals surface area contributed by atoms with E-state index in [1.54, 1.807) is 19.2 Å². The van der Waals surface area contributed by atoms with Gasteiger partial charge in [0.15, 0.2) is 5.65 Å². The Labute approximate surface area is 97.8 Å². The number of ether oxygens (including phenoxy) is 1. The van der Waals surface area contributed by atoms with Gasteiger partial charge in [-0.2, -0.15) is 9.61 Å². The second-order valence-corrected chi connectivity index (χ2v) is 4.33. The number of methoxy groups -OCH3 is 1. The summed E-state index contributed by atoms with van der Waals surface area (Å²) in [7, 11) is 1.65. The van der Waals surface area contributed by atoms with Crippen molar-refractivity contribution >= 4 is 11.5 Å². The first-order valence-corrected chi connectivity index (χ1v) is 5.25. The van der Waals surface area contributed by atoms with Crippen molar-refractivity contribution in [2.45, 2.75) is 19.4 Å². The van der Waals surface area contributed by atoms with Crippen molar-refractivity contribution in [3.8, 4) is 0 Å². The van der Waals surface area contributed by atoms with Crippen LogP contribution in [0.25, 0.3) is 5.65 Å². The number of aromatic nitrogens is 4. The fourth-order valence-electron chi connectivity index (χ4n) is 1.27. The van der Waals surface area contributed by atoms with Crippen LogP contribution < -0.4 is 11.0 Å². The lowest BCUT2D eigenvalue weighted by atomic mass is 10.1. The van der Waals surface area contributed by atoms with E-state index in [0.29, 0.717) is 18.0 Å². The molecule has 7 nitrogen and oxygen atoms in total. The molecule has 0 saturated carbocycles. The minimum Gasteiger partial charge on any atom is -0.377 e. The molecule has 0 aromatic carbocycles. The summed E-state index contributed by atoms with van der Waals surface area (Å²) in [4.78, 5) is 11.3. The van der Waals surface area contributed by atoms with Crippen LogP contribution in [-0.2, 0) is 4.74 Å². The quantitative estimate of drug-likeness (QED) is 0.796. The second-order valence-electron chi connectivity index (χ2n) is 4.33. The summed E-state index contributed by atoms with van der Waals surface area (Å²) in [5.74, 6) is 0.603.